The van der Waals surface area contributed by atoms with Crippen molar-refractivity contribution in [1.29, 1.82) is 0 Å². The molecule has 8 heteroatoms. The number of hydrogen-bond donors (Lipinski definition) is 1. The second-order valence-electron chi connectivity index (χ2n) is 5.99. The molecule has 0 radical (unpaired) electrons. The molecule has 0 unspecified atom stereocenters. The number of nitrogens with two attached hydrogens (primary N) is 1. The zero-order valence-electron chi connectivity index (χ0n) is 13.8. The van der Waals surface area contributed by atoms with E-state index in [0.717, 1.165) is 17.0 Å². The van der Waals surface area contributed by atoms with Crippen molar-refractivity contribution < 1.29 is 9.21 Å². The number of amides is 1. The van der Waals surface area contributed by atoms with E-state index in [9.17, 15) is 4.79 Å². The molecule has 1 saturated heterocycles. The first-order valence-corrected chi connectivity index (χ1v) is 8.10. The summed E-state index contributed by atoms with van der Waals surface area (Å²) in [5, 5.41) is 0.859. The van der Waals surface area contributed by atoms with Gasteiger partial charge in [0.15, 0.2) is 11.4 Å². The Morgan fingerprint density at radius 1 is 1.12 bits per heavy atom. The summed E-state index contributed by atoms with van der Waals surface area (Å²) in [4.78, 5) is 29.2. The van der Waals surface area contributed by atoms with Crippen molar-refractivity contribution >= 4 is 28.6 Å². The average molecular weight is 338 g/mol. The molecular formula is C17H18N6O2. The van der Waals surface area contributed by atoms with E-state index >= 15 is 0 Å². The molecule has 3 aromatic rings. The molecule has 128 valence electrons. The minimum atomic E-state index is -0.0743. The minimum absolute atomic E-state index is 0.0743. The van der Waals surface area contributed by atoms with Gasteiger partial charge in [0, 0.05) is 26.2 Å². The van der Waals surface area contributed by atoms with Crippen LogP contribution in [0.15, 0.2) is 35.0 Å². The first-order valence-electron chi connectivity index (χ1n) is 8.10. The van der Waals surface area contributed by atoms with E-state index in [4.69, 9.17) is 10.2 Å². The van der Waals surface area contributed by atoms with Crippen LogP contribution in [-0.4, -0.2) is 51.9 Å². The second-order valence-corrected chi connectivity index (χ2v) is 5.99. The van der Waals surface area contributed by atoms with Gasteiger partial charge in [-0.1, -0.05) is 0 Å². The molecule has 0 aliphatic carbocycles. The lowest BCUT2D eigenvalue weighted by atomic mass is 10.2. The highest BCUT2D eigenvalue weighted by molar-refractivity contribution is 5.92. The zero-order chi connectivity index (χ0) is 17.4. The lowest BCUT2D eigenvalue weighted by Gasteiger charge is -2.35. The van der Waals surface area contributed by atoms with Crippen LogP contribution in [0.1, 0.15) is 16.3 Å². The van der Waals surface area contributed by atoms with E-state index in [-0.39, 0.29) is 5.91 Å². The molecule has 1 amide bonds. The fourth-order valence-corrected chi connectivity index (χ4v) is 3.02. The van der Waals surface area contributed by atoms with E-state index in [1.165, 1.54) is 6.33 Å². The van der Waals surface area contributed by atoms with Crippen molar-refractivity contribution in [2.75, 3.05) is 36.8 Å². The number of carbonyl (C=O) groups is 1. The summed E-state index contributed by atoms with van der Waals surface area (Å²) >= 11 is 0. The number of aryl methyl sites for hydroxylation is 1. The van der Waals surface area contributed by atoms with Crippen LogP contribution in [0.3, 0.4) is 0 Å². The van der Waals surface area contributed by atoms with Crippen LogP contribution >= 0.6 is 0 Å². The second kappa shape index (κ2) is 6.04. The Kier molecular flexibility index (Phi) is 3.72. The number of carbonyl (C=O) groups excluding carboxylic acids is 1. The normalized spacial score (nSPS) is 14.9. The molecule has 4 heterocycles. The Hall–Kier alpha value is -3.16. The van der Waals surface area contributed by atoms with Crippen molar-refractivity contribution in [3.63, 3.8) is 0 Å². The molecule has 0 saturated carbocycles. The van der Waals surface area contributed by atoms with Crippen molar-refractivity contribution in [3.05, 3.63) is 42.1 Å². The third kappa shape index (κ3) is 2.86. The van der Waals surface area contributed by atoms with Gasteiger partial charge < -0.3 is 20.0 Å². The molecule has 1 fully saturated rings. The molecule has 2 N–H and O–H groups in total. The molecule has 0 bridgehead atoms. The first-order chi connectivity index (χ1) is 12.1. The zero-order valence-corrected chi connectivity index (χ0v) is 13.8. The number of fused-ring (bicyclic) bond motifs is 1. The highest BCUT2D eigenvalue weighted by atomic mass is 16.3. The number of rotatable bonds is 2. The van der Waals surface area contributed by atoms with Gasteiger partial charge in [-0.05, 0) is 31.2 Å². The highest BCUT2D eigenvalue weighted by Gasteiger charge is 2.25. The number of furan rings is 1. The van der Waals surface area contributed by atoms with Crippen molar-refractivity contribution in [2.45, 2.75) is 6.92 Å². The molecule has 25 heavy (non-hydrogen) atoms. The fourth-order valence-electron chi connectivity index (χ4n) is 3.02. The highest BCUT2D eigenvalue weighted by Crippen LogP contribution is 2.24. The predicted octanol–water partition coefficient (Wildman–Crippen LogP) is 1.47. The Bertz CT molecular complexity index is 930. The van der Waals surface area contributed by atoms with E-state index in [2.05, 4.69) is 19.9 Å². The number of nitrogens with zero attached hydrogens (tertiary/aromatic N) is 5. The summed E-state index contributed by atoms with van der Waals surface area (Å²) in [7, 11) is 0. The molecule has 0 aromatic carbocycles. The predicted molar refractivity (Wildman–Crippen MR) is 93.3 cm³/mol. The summed E-state index contributed by atoms with van der Waals surface area (Å²) in [5.41, 5.74) is 6.30. The van der Waals surface area contributed by atoms with E-state index in [1.54, 1.807) is 23.1 Å². The van der Waals surface area contributed by atoms with Gasteiger partial charge >= 0.3 is 0 Å². The van der Waals surface area contributed by atoms with Gasteiger partial charge in [0.25, 0.3) is 5.91 Å². The van der Waals surface area contributed by atoms with Crippen molar-refractivity contribution in [1.82, 2.24) is 19.9 Å². The number of anilines is 2. The third-order valence-corrected chi connectivity index (χ3v) is 4.32. The van der Waals surface area contributed by atoms with E-state index < -0.39 is 0 Å². The minimum Gasteiger partial charge on any atom is -0.456 e. The lowest BCUT2D eigenvalue weighted by Crippen LogP contribution is -2.49. The molecular weight excluding hydrogens is 320 g/mol. The fraction of sp³-hybridized carbons (Fsp3) is 0.294. The van der Waals surface area contributed by atoms with Gasteiger partial charge in [0.1, 0.15) is 23.7 Å². The van der Waals surface area contributed by atoms with Crippen LogP contribution in [0, 0.1) is 6.92 Å². The quantitative estimate of drug-likeness (QED) is 0.755. The van der Waals surface area contributed by atoms with Crippen LogP contribution in [0.4, 0.5) is 11.6 Å². The number of hydrogen-bond acceptors (Lipinski definition) is 7. The molecule has 1 aliphatic rings. The van der Waals surface area contributed by atoms with E-state index in [0.29, 0.717) is 43.4 Å². The summed E-state index contributed by atoms with van der Waals surface area (Å²) in [6, 6.07) is 7.15. The van der Waals surface area contributed by atoms with Crippen LogP contribution < -0.4 is 10.6 Å². The summed E-state index contributed by atoms with van der Waals surface area (Å²) in [6.45, 7) is 4.40. The molecule has 3 aromatic heterocycles. The smallest absolute Gasteiger partial charge is 0.289 e. The topological polar surface area (TPSA) is 101 Å². The summed E-state index contributed by atoms with van der Waals surface area (Å²) < 4.78 is 5.43. The van der Waals surface area contributed by atoms with Crippen LogP contribution in [0.25, 0.3) is 11.0 Å². The maximum Gasteiger partial charge on any atom is 0.289 e. The van der Waals surface area contributed by atoms with Gasteiger partial charge in [0.2, 0.25) is 0 Å². The molecule has 1 aliphatic heterocycles. The van der Waals surface area contributed by atoms with Gasteiger partial charge in [-0.15, -0.1) is 0 Å². The monoisotopic (exact) mass is 338 g/mol. The SMILES string of the molecule is Cc1ccc(C(=O)N2CCN(c3ncnc4nc(N)ccc34)CC2)o1. The van der Waals surface area contributed by atoms with E-state index in [1.807, 2.05) is 13.0 Å². The molecule has 0 atom stereocenters. The third-order valence-electron chi connectivity index (χ3n) is 4.32. The van der Waals surface area contributed by atoms with Gasteiger partial charge in [-0.25, -0.2) is 15.0 Å². The summed E-state index contributed by atoms with van der Waals surface area (Å²) in [5.74, 6) is 2.30. The number of piperazine rings is 1. The van der Waals surface area contributed by atoms with Crippen LogP contribution in [0.2, 0.25) is 0 Å². The lowest BCUT2D eigenvalue weighted by molar-refractivity contribution is 0.0713. The number of nitrogen functional groups attached to an aromatic ring is 1. The molecule has 8 nitrogen and oxygen atoms in total. The van der Waals surface area contributed by atoms with Crippen molar-refractivity contribution in [3.8, 4) is 0 Å². The van der Waals surface area contributed by atoms with Gasteiger partial charge in [0.05, 0.1) is 5.39 Å². The Morgan fingerprint density at radius 3 is 2.64 bits per heavy atom. The van der Waals surface area contributed by atoms with Gasteiger partial charge in [-0.2, -0.15) is 0 Å². The Balaban J connectivity index is 1.51. The average Bonchev–Trinajstić information content (AvgIpc) is 3.07. The molecule has 4 rings (SSSR count). The van der Waals surface area contributed by atoms with Crippen molar-refractivity contribution in [2.24, 2.45) is 0 Å². The maximum atomic E-state index is 12.5. The van der Waals surface area contributed by atoms with Gasteiger partial charge in [-0.3, -0.25) is 4.79 Å². The Morgan fingerprint density at radius 2 is 1.92 bits per heavy atom. The number of aromatic nitrogens is 3. The Labute approximate surface area is 144 Å². The molecule has 0 spiro atoms. The first kappa shape index (κ1) is 15.4. The largest absolute Gasteiger partial charge is 0.456 e. The summed E-state index contributed by atoms with van der Waals surface area (Å²) in [6.07, 6.45) is 1.49. The number of pyridine rings is 1. The maximum absolute atomic E-state index is 12.5. The standard InChI is InChI=1S/C17H18N6O2/c1-11-2-4-13(25-11)17(24)23-8-6-22(7-9-23)16-12-3-5-14(18)21-15(12)19-10-20-16/h2-5,10H,6-9H2,1H3,(H2,18,19,20,21). The van der Waals surface area contributed by atoms with Crippen LogP contribution in [-0.2, 0) is 0 Å². The van der Waals surface area contributed by atoms with Crippen LogP contribution in [0.5, 0.6) is 0 Å².